The number of halogens is 1. The lowest BCUT2D eigenvalue weighted by Crippen LogP contribution is -2.27. The quantitative estimate of drug-likeness (QED) is 0.841. The number of anilines is 1. The van der Waals surface area contributed by atoms with Gasteiger partial charge in [0, 0.05) is 23.9 Å². The Morgan fingerprint density at radius 2 is 1.76 bits per heavy atom. The standard InChI is InChI=1S/C12H18ClNO2S/c1-9(2)12(8-13)14-10-4-6-11(7-5-10)17(3,15)16/h4-7,9,12,14H,8H2,1-3H3. The van der Waals surface area contributed by atoms with Crippen LogP contribution in [0.5, 0.6) is 0 Å². The third-order valence-electron chi connectivity index (χ3n) is 2.61. The Balaban J connectivity index is 2.82. The smallest absolute Gasteiger partial charge is 0.175 e. The predicted octanol–water partition coefficient (Wildman–Crippen LogP) is 2.77. The van der Waals surface area contributed by atoms with Crippen molar-refractivity contribution in [2.24, 2.45) is 5.92 Å². The van der Waals surface area contributed by atoms with Crippen molar-refractivity contribution in [1.29, 1.82) is 0 Å². The molecule has 0 aliphatic carbocycles. The highest BCUT2D eigenvalue weighted by Gasteiger charge is 2.12. The molecule has 5 heteroatoms. The number of alkyl halides is 1. The fourth-order valence-corrected chi connectivity index (χ4v) is 2.46. The minimum absolute atomic E-state index is 0.181. The van der Waals surface area contributed by atoms with Crippen LogP contribution in [0, 0.1) is 5.92 Å². The Kier molecular flexibility index (Phi) is 4.83. The van der Waals surface area contributed by atoms with Crippen LogP contribution in [0.4, 0.5) is 5.69 Å². The number of nitrogens with one attached hydrogen (secondary N) is 1. The van der Waals surface area contributed by atoms with E-state index >= 15 is 0 Å². The molecule has 1 atom stereocenters. The molecule has 3 nitrogen and oxygen atoms in total. The first kappa shape index (κ1) is 14.3. The van der Waals surface area contributed by atoms with E-state index < -0.39 is 9.84 Å². The third-order valence-corrected chi connectivity index (χ3v) is 4.07. The van der Waals surface area contributed by atoms with Crippen molar-refractivity contribution in [3.05, 3.63) is 24.3 Å². The SMILES string of the molecule is CC(C)C(CCl)Nc1ccc(S(C)(=O)=O)cc1. The molecule has 0 saturated carbocycles. The Morgan fingerprint density at radius 1 is 1.24 bits per heavy atom. The van der Waals surface area contributed by atoms with Crippen molar-refractivity contribution in [2.75, 3.05) is 17.5 Å². The number of rotatable bonds is 5. The summed E-state index contributed by atoms with van der Waals surface area (Å²) in [5.74, 6) is 0.938. The molecule has 0 saturated heterocycles. The summed E-state index contributed by atoms with van der Waals surface area (Å²) in [5, 5.41) is 3.28. The van der Waals surface area contributed by atoms with E-state index in [0.717, 1.165) is 5.69 Å². The van der Waals surface area contributed by atoms with E-state index in [1.54, 1.807) is 24.3 Å². The number of benzene rings is 1. The molecule has 96 valence electrons. The molecule has 1 aromatic rings. The summed E-state index contributed by atoms with van der Waals surface area (Å²) in [7, 11) is -3.12. The van der Waals surface area contributed by atoms with Gasteiger partial charge in [0.15, 0.2) is 9.84 Å². The highest BCUT2D eigenvalue weighted by molar-refractivity contribution is 7.90. The van der Waals surface area contributed by atoms with Crippen molar-refractivity contribution in [1.82, 2.24) is 0 Å². The van der Waals surface area contributed by atoms with Crippen molar-refractivity contribution >= 4 is 27.1 Å². The molecule has 0 heterocycles. The fraction of sp³-hybridized carbons (Fsp3) is 0.500. The maximum absolute atomic E-state index is 11.3. The molecule has 0 aliphatic rings. The van der Waals surface area contributed by atoms with Crippen LogP contribution in [0.2, 0.25) is 0 Å². The summed E-state index contributed by atoms with van der Waals surface area (Å²) in [5.41, 5.74) is 0.886. The van der Waals surface area contributed by atoms with Gasteiger partial charge in [-0.3, -0.25) is 0 Å². The molecular formula is C12H18ClNO2S. The van der Waals surface area contributed by atoms with Gasteiger partial charge in [0.05, 0.1) is 4.90 Å². The van der Waals surface area contributed by atoms with Crippen molar-refractivity contribution < 1.29 is 8.42 Å². The second kappa shape index (κ2) is 5.74. The van der Waals surface area contributed by atoms with E-state index in [1.165, 1.54) is 6.26 Å². The Labute approximate surface area is 108 Å². The molecule has 1 rings (SSSR count). The van der Waals surface area contributed by atoms with Crippen LogP contribution in [0.15, 0.2) is 29.2 Å². The van der Waals surface area contributed by atoms with Crippen molar-refractivity contribution in [3.8, 4) is 0 Å². The summed E-state index contributed by atoms with van der Waals surface area (Å²) < 4.78 is 22.6. The second-order valence-electron chi connectivity index (χ2n) is 4.45. The van der Waals surface area contributed by atoms with E-state index in [-0.39, 0.29) is 6.04 Å². The molecule has 0 fully saturated rings. The van der Waals surface area contributed by atoms with E-state index in [4.69, 9.17) is 11.6 Å². The van der Waals surface area contributed by atoms with E-state index in [1.807, 2.05) is 0 Å². The van der Waals surface area contributed by atoms with Crippen LogP contribution >= 0.6 is 11.6 Å². The minimum Gasteiger partial charge on any atom is -0.381 e. The first-order valence-electron chi connectivity index (χ1n) is 5.47. The van der Waals surface area contributed by atoms with E-state index in [0.29, 0.717) is 16.7 Å². The second-order valence-corrected chi connectivity index (χ2v) is 6.77. The molecule has 1 unspecified atom stereocenters. The van der Waals surface area contributed by atoms with Crippen LogP contribution in [-0.4, -0.2) is 26.6 Å². The van der Waals surface area contributed by atoms with Gasteiger partial charge in [-0.25, -0.2) is 8.42 Å². The number of hydrogen-bond acceptors (Lipinski definition) is 3. The summed E-state index contributed by atoms with van der Waals surface area (Å²) in [6, 6.07) is 6.91. The van der Waals surface area contributed by atoms with Gasteiger partial charge in [-0.15, -0.1) is 11.6 Å². The average molecular weight is 276 g/mol. The van der Waals surface area contributed by atoms with Crippen LogP contribution in [0.3, 0.4) is 0 Å². The molecule has 0 aromatic heterocycles. The van der Waals surface area contributed by atoms with Gasteiger partial charge >= 0.3 is 0 Å². The number of hydrogen-bond donors (Lipinski definition) is 1. The Morgan fingerprint density at radius 3 is 2.12 bits per heavy atom. The maximum atomic E-state index is 11.3. The molecule has 0 aliphatic heterocycles. The van der Waals surface area contributed by atoms with E-state index in [9.17, 15) is 8.42 Å². The Hall–Kier alpha value is -0.740. The zero-order valence-corrected chi connectivity index (χ0v) is 11.8. The summed E-state index contributed by atoms with van der Waals surface area (Å²) in [4.78, 5) is 0.329. The van der Waals surface area contributed by atoms with Crippen molar-refractivity contribution in [2.45, 2.75) is 24.8 Å². The first-order chi connectivity index (χ1) is 7.84. The predicted molar refractivity (Wildman–Crippen MR) is 72.5 cm³/mol. The van der Waals surface area contributed by atoms with Gasteiger partial charge < -0.3 is 5.32 Å². The van der Waals surface area contributed by atoms with Crippen LogP contribution in [0.25, 0.3) is 0 Å². The molecule has 0 spiro atoms. The summed E-state index contributed by atoms with van der Waals surface area (Å²) in [6.07, 6.45) is 1.20. The zero-order chi connectivity index (χ0) is 13.1. The normalized spacial score (nSPS) is 13.7. The largest absolute Gasteiger partial charge is 0.381 e. The molecule has 0 amide bonds. The molecule has 17 heavy (non-hydrogen) atoms. The van der Waals surface area contributed by atoms with Crippen molar-refractivity contribution in [3.63, 3.8) is 0 Å². The number of sulfone groups is 1. The third kappa shape index (κ3) is 4.21. The van der Waals surface area contributed by atoms with Gasteiger partial charge in [-0.05, 0) is 30.2 Å². The van der Waals surface area contributed by atoms with Gasteiger partial charge in [-0.1, -0.05) is 13.8 Å². The molecule has 1 N–H and O–H groups in total. The van der Waals surface area contributed by atoms with Crippen LogP contribution < -0.4 is 5.32 Å². The van der Waals surface area contributed by atoms with E-state index in [2.05, 4.69) is 19.2 Å². The maximum Gasteiger partial charge on any atom is 0.175 e. The van der Waals surface area contributed by atoms with Gasteiger partial charge in [-0.2, -0.15) is 0 Å². The highest BCUT2D eigenvalue weighted by Crippen LogP contribution is 2.17. The van der Waals surface area contributed by atoms with Gasteiger partial charge in [0.25, 0.3) is 0 Å². The minimum atomic E-state index is -3.12. The monoisotopic (exact) mass is 275 g/mol. The summed E-state index contributed by atoms with van der Waals surface area (Å²) in [6.45, 7) is 4.18. The first-order valence-corrected chi connectivity index (χ1v) is 7.90. The lowest BCUT2D eigenvalue weighted by Gasteiger charge is -2.21. The van der Waals surface area contributed by atoms with Gasteiger partial charge in [0.1, 0.15) is 0 Å². The fourth-order valence-electron chi connectivity index (χ4n) is 1.40. The van der Waals surface area contributed by atoms with Gasteiger partial charge in [0.2, 0.25) is 0 Å². The topological polar surface area (TPSA) is 46.2 Å². The summed E-state index contributed by atoms with van der Waals surface area (Å²) >= 11 is 5.86. The molecular weight excluding hydrogens is 258 g/mol. The Bertz CT molecular complexity index is 454. The molecule has 0 radical (unpaired) electrons. The molecule has 1 aromatic carbocycles. The lowest BCUT2D eigenvalue weighted by atomic mass is 10.1. The van der Waals surface area contributed by atoms with Crippen LogP contribution in [0.1, 0.15) is 13.8 Å². The molecule has 0 bridgehead atoms. The lowest BCUT2D eigenvalue weighted by molar-refractivity contribution is 0.564. The van der Waals surface area contributed by atoms with Crippen LogP contribution in [-0.2, 0) is 9.84 Å². The highest BCUT2D eigenvalue weighted by atomic mass is 35.5. The zero-order valence-electron chi connectivity index (χ0n) is 10.3. The average Bonchev–Trinajstić information content (AvgIpc) is 2.25.